The summed E-state index contributed by atoms with van der Waals surface area (Å²) < 4.78 is 5.47. The van der Waals surface area contributed by atoms with Gasteiger partial charge in [0, 0.05) is 24.0 Å². The first-order chi connectivity index (χ1) is 10.8. The maximum absolute atomic E-state index is 5.47. The van der Waals surface area contributed by atoms with E-state index in [1.807, 2.05) is 6.92 Å². The van der Waals surface area contributed by atoms with Crippen molar-refractivity contribution < 1.29 is 4.42 Å². The number of nitrogens with zero attached hydrogens (tertiary/aromatic N) is 3. The number of hydrogen-bond donors (Lipinski definition) is 1. The number of aryl methyl sites for hydroxylation is 1. The standard InChI is InChI=1S/C17H20N4O/c1-12-19-20-17(22-12)11-21-8-6-13(7-9-21)15-10-18-16-5-3-2-4-14(15)16/h2-5,10,13,18H,6-9,11H2,1H3. The zero-order valence-electron chi connectivity index (χ0n) is 12.7. The van der Waals surface area contributed by atoms with Crippen LogP contribution in [0, 0.1) is 6.92 Å². The maximum atomic E-state index is 5.47. The molecule has 0 radical (unpaired) electrons. The molecular weight excluding hydrogens is 276 g/mol. The van der Waals surface area contributed by atoms with E-state index >= 15 is 0 Å². The van der Waals surface area contributed by atoms with E-state index in [2.05, 4.69) is 50.5 Å². The Balaban J connectivity index is 1.43. The lowest BCUT2D eigenvalue weighted by atomic mass is 9.89. The fourth-order valence-corrected chi connectivity index (χ4v) is 3.43. The van der Waals surface area contributed by atoms with Crippen molar-refractivity contribution >= 4 is 10.9 Å². The number of aromatic nitrogens is 3. The molecule has 1 aromatic carbocycles. The minimum atomic E-state index is 0.636. The molecule has 0 bridgehead atoms. The van der Waals surface area contributed by atoms with Crippen molar-refractivity contribution in [2.24, 2.45) is 0 Å². The fraction of sp³-hybridized carbons (Fsp3) is 0.412. The van der Waals surface area contributed by atoms with Gasteiger partial charge in [0.1, 0.15) is 0 Å². The molecule has 5 nitrogen and oxygen atoms in total. The van der Waals surface area contributed by atoms with Crippen molar-refractivity contribution in [2.75, 3.05) is 13.1 Å². The highest BCUT2D eigenvalue weighted by atomic mass is 16.4. The monoisotopic (exact) mass is 296 g/mol. The Hall–Kier alpha value is -2.14. The highest BCUT2D eigenvalue weighted by Crippen LogP contribution is 2.33. The van der Waals surface area contributed by atoms with Crippen LogP contribution < -0.4 is 0 Å². The van der Waals surface area contributed by atoms with Crippen molar-refractivity contribution in [1.82, 2.24) is 20.1 Å². The lowest BCUT2D eigenvalue weighted by molar-refractivity contribution is 0.187. The summed E-state index contributed by atoms with van der Waals surface area (Å²) in [5, 5.41) is 9.35. The minimum Gasteiger partial charge on any atom is -0.424 e. The van der Waals surface area contributed by atoms with Gasteiger partial charge in [-0.1, -0.05) is 18.2 Å². The van der Waals surface area contributed by atoms with Crippen LogP contribution >= 0.6 is 0 Å². The minimum absolute atomic E-state index is 0.636. The van der Waals surface area contributed by atoms with E-state index in [1.165, 1.54) is 29.3 Å². The molecule has 1 fully saturated rings. The summed E-state index contributed by atoms with van der Waals surface area (Å²) in [6, 6.07) is 8.56. The topological polar surface area (TPSA) is 58.0 Å². The molecule has 3 aromatic rings. The Morgan fingerprint density at radius 3 is 2.82 bits per heavy atom. The lowest BCUT2D eigenvalue weighted by Crippen LogP contribution is -2.32. The van der Waals surface area contributed by atoms with Gasteiger partial charge in [0.05, 0.1) is 6.54 Å². The summed E-state index contributed by atoms with van der Waals surface area (Å²) in [7, 11) is 0. The molecule has 0 saturated carbocycles. The Bertz CT molecular complexity index is 768. The smallest absolute Gasteiger partial charge is 0.230 e. The zero-order valence-corrected chi connectivity index (χ0v) is 12.7. The fourth-order valence-electron chi connectivity index (χ4n) is 3.43. The Morgan fingerprint density at radius 1 is 1.23 bits per heavy atom. The molecule has 0 aliphatic carbocycles. The first kappa shape index (κ1) is 13.5. The molecule has 4 rings (SSSR count). The quantitative estimate of drug-likeness (QED) is 0.806. The van der Waals surface area contributed by atoms with Crippen LogP contribution in [0.25, 0.3) is 10.9 Å². The van der Waals surface area contributed by atoms with Crippen molar-refractivity contribution in [1.29, 1.82) is 0 Å². The lowest BCUT2D eigenvalue weighted by Gasteiger charge is -2.30. The Labute approximate surface area is 129 Å². The van der Waals surface area contributed by atoms with E-state index in [-0.39, 0.29) is 0 Å². The summed E-state index contributed by atoms with van der Waals surface area (Å²) in [5.41, 5.74) is 2.70. The molecule has 0 unspecified atom stereocenters. The average molecular weight is 296 g/mol. The van der Waals surface area contributed by atoms with E-state index in [0.717, 1.165) is 25.5 Å². The SMILES string of the molecule is Cc1nnc(CN2CCC(c3c[nH]c4ccccc34)CC2)o1. The molecule has 22 heavy (non-hydrogen) atoms. The van der Waals surface area contributed by atoms with Gasteiger partial charge in [-0.05, 0) is 43.5 Å². The van der Waals surface area contributed by atoms with Gasteiger partial charge in [0.2, 0.25) is 11.8 Å². The summed E-state index contributed by atoms with van der Waals surface area (Å²) in [5.74, 6) is 2.00. The number of H-pyrrole nitrogens is 1. The first-order valence-corrected chi connectivity index (χ1v) is 7.87. The van der Waals surface area contributed by atoms with Gasteiger partial charge < -0.3 is 9.40 Å². The molecule has 0 spiro atoms. The predicted molar refractivity (Wildman–Crippen MR) is 84.6 cm³/mol. The van der Waals surface area contributed by atoms with Crippen LogP contribution in [0.3, 0.4) is 0 Å². The van der Waals surface area contributed by atoms with Crippen LogP contribution in [0.5, 0.6) is 0 Å². The van der Waals surface area contributed by atoms with Crippen molar-refractivity contribution in [3.63, 3.8) is 0 Å². The van der Waals surface area contributed by atoms with Crippen LogP contribution in [0.15, 0.2) is 34.9 Å². The van der Waals surface area contributed by atoms with Crippen LogP contribution in [-0.4, -0.2) is 33.2 Å². The highest BCUT2D eigenvalue weighted by Gasteiger charge is 2.23. The number of nitrogens with one attached hydrogen (secondary N) is 1. The summed E-state index contributed by atoms with van der Waals surface area (Å²) in [6.45, 7) is 4.75. The molecule has 1 aliphatic heterocycles. The number of fused-ring (bicyclic) bond motifs is 1. The molecular formula is C17H20N4O. The van der Waals surface area contributed by atoms with Crippen LogP contribution in [0.4, 0.5) is 0 Å². The van der Waals surface area contributed by atoms with E-state index < -0.39 is 0 Å². The molecule has 5 heteroatoms. The Morgan fingerprint density at radius 2 is 2.05 bits per heavy atom. The molecule has 1 N–H and O–H groups in total. The van der Waals surface area contributed by atoms with Gasteiger partial charge >= 0.3 is 0 Å². The van der Waals surface area contributed by atoms with Crippen LogP contribution in [0.2, 0.25) is 0 Å². The van der Waals surface area contributed by atoms with Gasteiger partial charge in [-0.2, -0.15) is 0 Å². The molecule has 2 aromatic heterocycles. The molecule has 1 saturated heterocycles. The average Bonchev–Trinajstić information content (AvgIpc) is 3.14. The third kappa shape index (κ3) is 2.52. The van der Waals surface area contributed by atoms with Gasteiger partial charge in [0.15, 0.2) is 0 Å². The van der Waals surface area contributed by atoms with Crippen molar-refractivity contribution in [3.05, 3.63) is 47.8 Å². The van der Waals surface area contributed by atoms with Crippen molar-refractivity contribution in [3.8, 4) is 0 Å². The second-order valence-corrected chi connectivity index (χ2v) is 6.05. The van der Waals surface area contributed by atoms with Gasteiger partial charge in [-0.25, -0.2) is 0 Å². The van der Waals surface area contributed by atoms with Crippen LogP contribution in [0.1, 0.15) is 36.1 Å². The van der Waals surface area contributed by atoms with Gasteiger partial charge in [0.25, 0.3) is 0 Å². The summed E-state index contributed by atoms with van der Waals surface area (Å²) >= 11 is 0. The molecule has 114 valence electrons. The van der Waals surface area contributed by atoms with E-state index in [4.69, 9.17) is 4.42 Å². The molecule has 0 atom stereocenters. The second-order valence-electron chi connectivity index (χ2n) is 6.05. The van der Waals surface area contributed by atoms with Gasteiger partial charge in [-0.15, -0.1) is 10.2 Å². The number of hydrogen-bond acceptors (Lipinski definition) is 4. The number of rotatable bonds is 3. The third-order valence-electron chi connectivity index (χ3n) is 4.58. The number of likely N-dealkylation sites (tertiary alicyclic amines) is 1. The largest absolute Gasteiger partial charge is 0.424 e. The first-order valence-electron chi connectivity index (χ1n) is 7.87. The number of benzene rings is 1. The number of piperidine rings is 1. The summed E-state index contributed by atoms with van der Waals surface area (Å²) in [4.78, 5) is 5.79. The maximum Gasteiger partial charge on any atom is 0.230 e. The third-order valence-corrected chi connectivity index (χ3v) is 4.58. The van der Waals surface area contributed by atoms with Gasteiger partial charge in [-0.3, -0.25) is 4.90 Å². The molecule has 1 aliphatic rings. The zero-order chi connectivity index (χ0) is 14.9. The highest BCUT2D eigenvalue weighted by molar-refractivity contribution is 5.83. The number of para-hydroxylation sites is 1. The van der Waals surface area contributed by atoms with Crippen molar-refractivity contribution in [2.45, 2.75) is 32.2 Å². The van der Waals surface area contributed by atoms with E-state index in [0.29, 0.717) is 11.8 Å². The predicted octanol–water partition coefficient (Wildman–Crippen LogP) is 3.24. The van der Waals surface area contributed by atoms with E-state index in [1.54, 1.807) is 0 Å². The normalized spacial score (nSPS) is 17.3. The number of aromatic amines is 1. The van der Waals surface area contributed by atoms with E-state index in [9.17, 15) is 0 Å². The molecule has 3 heterocycles. The molecule has 0 amide bonds. The Kier molecular flexibility index (Phi) is 3.42. The summed E-state index contributed by atoms with van der Waals surface area (Å²) in [6.07, 6.45) is 4.54. The van der Waals surface area contributed by atoms with Crippen LogP contribution in [-0.2, 0) is 6.54 Å². The second kappa shape index (κ2) is 5.57.